The molecule has 1 fully saturated rings. The molecule has 1 saturated carbocycles. The number of ketones is 2. The quantitative estimate of drug-likeness (QED) is 0.304. The number of benzene rings is 1. The first kappa shape index (κ1) is 23.2. The molecule has 1 aromatic rings. The van der Waals surface area contributed by atoms with Crippen molar-refractivity contribution < 1.29 is 39.6 Å². The standard InChI is InChI=1S/C23H23N3O8/c1-7-8-5-4-6-9(27)11(8)17(28)13-10(7)12(21(24)32)15-16(26(2)3)18(29)14(22(25)33)20(31)23(15,34)19(13)30/h4-6,10,12,15-16,27-28,31,34H,1H2,2-3H3,(H2,24,32)(H2,25,33)/t10-,12-,15-,16-,23-/m1/s1. The normalized spacial score (nSPS) is 30.8. The maximum absolute atomic E-state index is 13.8. The van der Waals surface area contributed by atoms with Crippen LogP contribution >= 0.6 is 0 Å². The van der Waals surface area contributed by atoms with Crippen LogP contribution < -0.4 is 11.5 Å². The number of fused-ring (bicyclic) bond motifs is 3. The third-order valence-electron chi connectivity index (χ3n) is 6.97. The van der Waals surface area contributed by atoms with E-state index in [1.54, 1.807) is 0 Å². The second-order valence-corrected chi connectivity index (χ2v) is 8.87. The van der Waals surface area contributed by atoms with Crippen LogP contribution in [0.5, 0.6) is 5.75 Å². The van der Waals surface area contributed by atoms with Crippen molar-refractivity contribution in [1.82, 2.24) is 4.90 Å². The smallest absolute Gasteiger partial charge is 0.255 e. The number of phenolic OH excluding ortho intramolecular Hbond substituents is 1. The zero-order valence-corrected chi connectivity index (χ0v) is 18.3. The molecule has 0 spiro atoms. The summed E-state index contributed by atoms with van der Waals surface area (Å²) < 4.78 is 0. The Labute approximate surface area is 193 Å². The van der Waals surface area contributed by atoms with Crippen molar-refractivity contribution in [3.63, 3.8) is 0 Å². The van der Waals surface area contributed by atoms with E-state index in [1.807, 2.05) is 0 Å². The average Bonchev–Trinajstić information content (AvgIpc) is 2.73. The Morgan fingerprint density at radius 2 is 1.74 bits per heavy atom. The van der Waals surface area contributed by atoms with Crippen LogP contribution in [0, 0.1) is 17.8 Å². The van der Waals surface area contributed by atoms with E-state index >= 15 is 0 Å². The summed E-state index contributed by atoms with van der Waals surface area (Å²) in [6.07, 6.45) is 0. The molecule has 2 amide bonds. The van der Waals surface area contributed by atoms with E-state index in [-0.39, 0.29) is 16.7 Å². The second kappa shape index (κ2) is 7.27. The lowest BCUT2D eigenvalue weighted by Crippen LogP contribution is -2.70. The molecule has 1 aromatic carbocycles. The zero-order valence-electron chi connectivity index (χ0n) is 18.3. The first-order valence-corrected chi connectivity index (χ1v) is 10.2. The lowest BCUT2D eigenvalue weighted by molar-refractivity contribution is -0.161. The highest BCUT2D eigenvalue weighted by molar-refractivity contribution is 6.25. The van der Waals surface area contributed by atoms with Crippen molar-refractivity contribution in [2.75, 3.05) is 14.1 Å². The van der Waals surface area contributed by atoms with Crippen molar-refractivity contribution in [3.05, 3.63) is 52.8 Å². The number of phenols is 1. The first-order chi connectivity index (χ1) is 15.8. The summed E-state index contributed by atoms with van der Waals surface area (Å²) in [5.41, 5.74) is 6.66. The van der Waals surface area contributed by atoms with E-state index in [4.69, 9.17) is 11.5 Å². The number of hydrogen-bond acceptors (Lipinski definition) is 9. The predicted molar refractivity (Wildman–Crippen MR) is 118 cm³/mol. The maximum Gasteiger partial charge on any atom is 0.255 e. The van der Waals surface area contributed by atoms with Gasteiger partial charge in [0.15, 0.2) is 11.4 Å². The summed E-state index contributed by atoms with van der Waals surface area (Å²) in [5, 5.41) is 43.9. The van der Waals surface area contributed by atoms with Gasteiger partial charge in [0.2, 0.25) is 11.7 Å². The number of carbonyl (C=O) groups excluding carboxylic acids is 4. The van der Waals surface area contributed by atoms with Crippen molar-refractivity contribution in [1.29, 1.82) is 0 Å². The molecule has 5 atom stereocenters. The number of aromatic hydroxyl groups is 1. The summed E-state index contributed by atoms with van der Waals surface area (Å²) in [6.45, 7) is 3.95. The van der Waals surface area contributed by atoms with Crippen molar-refractivity contribution >= 4 is 34.7 Å². The number of carbonyl (C=O) groups is 4. The third kappa shape index (κ3) is 2.65. The van der Waals surface area contributed by atoms with E-state index in [9.17, 15) is 39.6 Å². The molecule has 0 unspecified atom stereocenters. The summed E-state index contributed by atoms with van der Waals surface area (Å²) in [6, 6.07) is 2.76. The minimum absolute atomic E-state index is 0.132. The highest BCUT2D eigenvalue weighted by atomic mass is 16.3. The van der Waals surface area contributed by atoms with E-state index in [0.29, 0.717) is 0 Å². The van der Waals surface area contributed by atoms with E-state index in [2.05, 4.69) is 6.58 Å². The van der Waals surface area contributed by atoms with Crippen LogP contribution in [0.4, 0.5) is 0 Å². The van der Waals surface area contributed by atoms with Gasteiger partial charge in [0.05, 0.1) is 17.5 Å². The lowest BCUT2D eigenvalue weighted by atomic mass is 9.52. The molecule has 0 aliphatic heterocycles. The number of nitrogens with two attached hydrogens (primary N) is 2. The predicted octanol–water partition coefficient (Wildman–Crippen LogP) is -0.854. The number of hydrogen-bond donors (Lipinski definition) is 6. The van der Waals surface area contributed by atoms with Gasteiger partial charge in [-0.05, 0) is 31.3 Å². The Hall–Kier alpha value is -3.96. The van der Waals surface area contributed by atoms with E-state index in [1.165, 1.54) is 37.2 Å². The van der Waals surface area contributed by atoms with Gasteiger partial charge in [0, 0.05) is 17.4 Å². The molecule has 11 heteroatoms. The van der Waals surface area contributed by atoms with Crippen LogP contribution in [0.25, 0.3) is 11.3 Å². The number of rotatable bonds is 3. The van der Waals surface area contributed by atoms with Crippen molar-refractivity contribution in [3.8, 4) is 5.75 Å². The molecule has 0 radical (unpaired) electrons. The van der Waals surface area contributed by atoms with Gasteiger partial charge >= 0.3 is 0 Å². The Kier molecular flexibility index (Phi) is 4.96. The molecule has 34 heavy (non-hydrogen) atoms. The van der Waals surface area contributed by atoms with Crippen LogP contribution in [0.15, 0.2) is 41.7 Å². The summed E-state index contributed by atoms with van der Waals surface area (Å²) in [7, 11) is 2.83. The molecular formula is C23H23N3O8. The third-order valence-corrected chi connectivity index (χ3v) is 6.97. The molecule has 0 heterocycles. The Morgan fingerprint density at radius 3 is 2.26 bits per heavy atom. The number of likely N-dealkylation sites (N-methyl/N-ethyl adjacent to an activating group) is 1. The van der Waals surface area contributed by atoms with Crippen LogP contribution in [0.2, 0.25) is 0 Å². The zero-order chi connectivity index (χ0) is 25.4. The molecule has 3 aliphatic rings. The second-order valence-electron chi connectivity index (χ2n) is 8.87. The molecule has 178 valence electrons. The van der Waals surface area contributed by atoms with Crippen LogP contribution in [0.1, 0.15) is 11.1 Å². The molecule has 4 rings (SSSR count). The molecule has 3 aliphatic carbocycles. The number of aliphatic hydroxyl groups excluding tert-OH is 2. The Morgan fingerprint density at radius 1 is 1.12 bits per heavy atom. The van der Waals surface area contributed by atoms with Crippen molar-refractivity contribution in [2.24, 2.45) is 29.2 Å². The lowest BCUT2D eigenvalue weighted by Gasteiger charge is -2.53. The number of amides is 2. The minimum atomic E-state index is -3.01. The fourth-order valence-electron chi connectivity index (χ4n) is 5.59. The molecule has 8 N–H and O–H groups in total. The van der Waals surface area contributed by atoms with Gasteiger partial charge in [-0.2, -0.15) is 0 Å². The van der Waals surface area contributed by atoms with Crippen LogP contribution in [-0.4, -0.2) is 74.4 Å². The fourth-order valence-corrected chi connectivity index (χ4v) is 5.59. The van der Waals surface area contributed by atoms with E-state index in [0.717, 1.165) is 0 Å². The molecule has 0 aromatic heterocycles. The van der Waals surface area contributed by atoms with Gasteiger partial charge in [0.1, 0.15) is 22.8 Å². The Balaban J connectivity index is 2.15. The number of primary amides is 2. The van der Waals surface area contributed by atoms with Crippen LogP contribution in [-0.2, 0) is 19.2 Å². The maximum atomic E-state index is 13.8. The van der Waals surface area contributed by atoms with Gasteiger partial charge in [-0.15, -0.1) is 0 Å². The van der Waals surface area contributed by atoms with E-state index < -0.39 is 81.2 Å². The first-order valence-electron chi connectivity index (χ1n) is 10.2. The Bertz CT molecular complexity index is 1280. The van der Waals surface area contributed by atoms with Gasteiger partial charge in [-0.25, -0.2) is 0 Å². The SMILES string of the molecule is C=C1c2cccc(O)c2C(O)=C2C(=O)[C@@]3(O)C(O)=C(C(N)=O)C(=O)[C@H](N(C)C)[C@H]3[C@H](C(N)=O)[C@@H]12. The van der Waals surface area contributed by atoms with Gasteiger partial charge in [-0.3, -0.25) is 24.1 Å². The van der Waals surface area contributed by atoms with Gasteiger partial charge in [-0.1, -0.05) is 18.7 Å². The highest BCUT2D eigenvalue weighted by Gasteiger charge is 2.69. The molecule has 0 bridgehead atoms. The minimum Gasteiger partial charge on any atom is -0.508 e. The van der Waals surface area contributed by atoms with Gasteiger partial charge < -0.3 is 31.9 Å². The monoisotopic (exact) mass is 469 g/mol. The molecule has 0 saturated heterocycles. The number of Topliss-reactive ketones (excluding diaryl/α,β-unsaturated/α-hetero) is 2. The summed E-state index contributed by atoms with van der Waals surface area (Å²) in [4.78, 5) is 53.1. The fraction of sp³-hybridized carbons (Fsp3) is 0.304. The van der Waals surface area contributed by atoms with Gasteiger partial charge in [0.25, 0.3) is 5.91 Å². The molecular weight excluding hydrogens is 446 g/mol. The average molecular weight is 469 g/mol. The topological polar surface area (TPSA) is 204 Å². The largest absolute Gasteiger partial charge is 0.508 e. The van der Waals surface area contributed by atoms with Crippen LogP contribution in [0.3, 0.4) is 0 Å². The molecule has 11 nitrogen and oxygen atoms in total. The summed E-state index contributed by atoms with van der Waals surface area (Å²) >= 11 is 0. The van der Waals surface area contributed by atoms with Crippen molar-refractivity contribution in [2.45, 2.75) is 11.6 Å². The summed E-state index contributed by atoms with van der Waals surface area (Å²) in [5.74, 6) is -11.7. The number of nitrogens with zero attached hydrogens (tertiary/aromatic N) is 1. The number of aliphatic hydroxyl groups is 3. The highest BCUT2D eigenvalue weighted by Crippen LogP contribution is 2.57. The number of allylic oxidation sites excluding steroid dienone is 1.